The van der Waals surface area contributed by atoms with Crippen molar-refractivity contribution in [1.29, 1.82) is 0 Å². The number of ether oxygens (including phenoxy) is 1. The van der Waals surface area contributed by atoms with Gasteiger partial charge in [0.2, 0.25) is 5.91 Å². The number of esters is 1. The summed E-state index contributed by atoms with van der Waals surface area (Å²) in [6.45, 7) is 3.56. The predicted octanol–water partition coefficient (Wildman–Crippen LogP) is 5.60. The maximum atomic E-state index is 12.2. The molecule has 0 saturated heterocycles. The molecular weight excluding hydrogens is 422 g/mol. The summed E-state index contributed by atoms with van der Waals surface area (Å²) in [4.78, 5) is 38.4. The molecular formula is C26H25NO4S. The Morgan fingerprint density at radius 2 is 1.50 bits per heavy atom. The molecule has 0 saturated carbocycles. The second kappa shape index (κ2) is 11.3. The number of rotatable bonds is 9. The average molecular weight is 448 g/mol. The molecule has 0 aromatic heterocycles. The molecule has 6 heteroatoms. The molecule has 3 aromatic rings. The summed E-state index contributed by atoms with van der Waals surface area (Å²) in [7, 11) is 0. The van der Waals surface area contributed by atoms with Gasteiger partial charge in [0, 0.05) is 27.5 Å². The van der Waals surface area contributed by atoms with Crippen molar-refractivity contribution >= 4 is 35.1 Å². The lowest BCUT2D eigenvalue weighted by Gasteiger charge is -2.08. The van der Waals surface area contributed by atoms with Crippen LogP contribution in [0.2, 0.25) is 0 Å². The largest absolute Gasteiger partial charge is 0.457 e. The fraction of sp³-hybridized carbons (Fsp3) is 0.192. The van der Waals surface area contributed by atoms with Gasteiger partial charge in [0.05, 0.1) is 6.42 Å². The summed E-state index contributed by atoms with van der Waals surface area (Å²) in [5.41, 5.74) is 3.26. The first kappa shape index (κ1) is 23.3. The predicted molar refractivity (Wildman–Crippen MR) is 126 cm³/mol. The van der Waals surface area contributed by atoms with Crippen LogP contribution in [0, 0.1) is 13.8 Å². The quantitative estimate of drug-likeness (QED) is 0.341. The number of hydrogen-bond acceptors (Lipinski definition) is 5. The first-order valence-electron chi connectivity index (χ1n) is 10.3. The van der Waals surface area contributed by atoms with E-state index in [9.17, 15) is 14.4 Å². The van der Waals surface area contributed by atoms with Gasteiger partial charge in [-0.05, 0) is 67.4 Å². The number of carbonyl (C=O) groups is 3. The number of hydrogen-bond donors (Lipinski definition) is 1. The van der Waals surface area contributed by atoms with Crippen LogP contribution >= 0.6 is 11.8 Å². The molecule has 0 heterocycles. The number of aryl methyl sites for hydroxylation is 2. The SMILES string of the molecule is Cc1ccc(C(=O)COC(=O)CCC(=O)Nc2ccc(Sc3ccccc3)cc2)cc1C. The molecule has 0 bridgehead atoms. The molecule has 0 radical (unpaired) electrons. The average Bonchev–Trinajstić information content (AvgIpc) is 2.80. The Morgan fingerprint density at radius 3 is 2.19 bits per heavy atom. The van der Waals surface area contributed by atoms with E-state index in [1.165, 1.54) is 0 Å². The summed E-state index contributed by atoms with van der Waals surface area (Å²) >= 11 is 1.64. The minimum absolute atomic E-state index is 0.0167. The van der Waals surface area contributed by atoms with Gasteiger partial charge in [0.1, 0.15) is 0 Å². The van der Waals surface area contributed by atoms with E-state index in [-0.39, 0.29) is 31.1 Å². The van der Waals surface area contributed by atoms with Crippen LogP contribution in [-0.4, -0.2) is 24.3 Å². The van der Waals surface area contributed by atoms with Gasteiger partial charge in [-0.25, -0.2) is 0 Å². The zero-order chi connectivity index (χ0) is 22.9. The Hall–Kier alpha value is -3.38. The summed E-state index contributed by atoms with van der Waals surface area (Å²) in [6, 6.07) is 22.9. The van der Waals surface area contributed by atoms with Crippen LogP contribution in [0.4, 0.5) is 5.69 Å². The second-order valence-corrected chi connectivity index (χ2v) is 8.52. The number of amides is 1. The number of nitrogens with one attached hydrogen (secondary N) is 1. The lowest BCUT2D eigenvalue weighted by atomic mass is 10.0. The fourth-order valence-electron chi connectivity index (χ4n) is 2.89. The summed E-state index contributed by atoms with van der Waals surface area (Å²) in [5, 5.41) is 2.77. The van der Waals surface area contributed by atoms with Crippen LogP contribution in [-0.2, 0) is 14.3 Å². The van der Waals surface area contributed by atoms with Crippen molar-refractivity contribution in [2.75, 3.05) is 11.9 Å². The van der Waals surface area contributed by atoms with Crippen LogP contribution < -0.4 is 5.32 Å². The monoisotopic (exact) mass is 447 g/mol. The molecule has 3 aromatic carbocycles. The summed E-state index contributed by atoms with van der Waals surface area (Å²) < 4.78 is 5.03. The number of Topliss-reactive ketones (excluding diaryl/α,β-unsaturated/α-hetero) is 1. The zero-order valence-corrected chi connectivity index (χ0v) is 18.9. The molecule has 164 valence electrons. The van der Waals surface area contributed by atoms with Gasteiger partial charge in [-0.2, -0.15) is 0 Å². The highest BCUT2D eigenvalue weighted by Gasteiger charge is 2.13. The lowest BCUT2D eigenvalue weighted by Crippen LogP contribution is -2.17. The molecule has 32 heavy (non-hydrogen) atoms. The van der Waals surface area contributed by atoms with Gasteiger partial charge >= 0.3 is 5.97 Å². The molecule has 0 aliphatic rings. The van der Waals surface area contributed by atoms with E-state index in [2.05, 4.69) is 5.32 Å². The van der Waals surface area contributed by atoms with Crippen molar-refractivity contribution in [1.82, 2.24) is 0 Å². The molecule has 3 rings (SSSR count). The van der Waals surface area contributed by atoms with Gasteiger partial charge in [0.15, 0.2) is 12.4 Å². The highest BCUT2D eigenvalue weighted by Crippen LogP contribution is 2.28. The second-order valence-electron chi connectivity index (χ2n) is 7.37. The van der Waals surface area contributed by atoms with Crippen LogP contribution in [0.15, 0.2) is 82.6 Å². The van der Waals surface area contributed by atoms with Gasteiger partial charge in [-0.15, -0.1) is 0 Å². The molecule has 1 N–H and O–H groups in total. The lowest BCUT2D eigenvalue weighted by molar-refractivity contribution is -0.143. The zero-order valence-electron chi connectivity index (χ0n) is 18.1. The normalized spacial score (nSPS) is 10.4. The maximum absolute atomic E-state index is 12.2. The minimum Gasteiger partial charge on any atom is -0.457 e. The van der Waals surface area contributed by atoms with Crippen LogP contribution in [0.1, 0.15) is 34.3 Å². The fourth-order valence-corrected chi connectivity index (χ4v) is 3.72. The van der Waals surface area contributed by atoms with Crippen molar-refractivity contribution in [3.05, 3.63) is 89.5 Å². The number of carbonyl (C=O) groups excluding carboxylic acids is 3. The van der Waals surface area contributed by atoms with Gasteiger partial charge in [-0.3, -0.25) is 14.4 Å². The van der Waals surface area contributed by atoms with Crippen molar-refractivity contribution in [2.45, 2.75) is 36.5 Å². The Bertz CT molecular complexity index is 1090. The molecule has 1 amide bonds. The Balaban J connectivity index is 1.39. The Kier molecular flexibility index (Phi) is 8.22. The highest BCUT2D eigenvalue weighted by atomic mass is 32.2. The van der Waals surface area contributed by atoms with Crippen LogP contribution in [0.5, 0.6) is 0 Å². The summed E-state index contributed by atoms with van der Waals surface area (Å²) in [6.07, 6.45) is -0.106. The smallest absolute Gasteiger partial charge is 0.306 e. The maximum Gasteiger partial charge on any atom is 0.306 e. The minimum atomic E-state index is -0.577. The third kappa shape index (κ3) is 7.10. The highest BCUT2D eigenvalue weighted by molar-refractivity contribution is 7.99. The van der Waals surface area contributed by atoms with Crippen LogP contribution in [0.25, 0.3) is 0 Å². The van der Waals surface area contributed by atoms with Gasteiger partial charge in [-0.1, -0.05) is 42.1 Å². The first-order valence-corrected chi connectivity index (χ1v) is 11.1. The molecule has 0 unspecified atom stereocenters. The number of benzene rings is 3. The molecule has 0 aliphatic heterocycles. The van der Waals surface area contributed by atoms with Gasteiger partial charge < -0.3 is 10.1 Å². The van der Waals surface area contributed by atoms with E-state index in [4.69, 9.17) is 4.74 Å². The van der Waals surface area contributed by atoms with E-state index < -0.39 is 5.97 Å². The Labute approximate surface area is 192 Å². The van der Waals surface area contributed by atoms with E-state index >= 15 is 0 Å². The third-order valence-corrected chi connectivity index (χ3v) is 5.88. The molecule has 0 aliphatic carbocycles. The van der Waals surface area contributed by atoms with E-state index in [0.717, 1.165) is 20.9 Å². The first-order chi connectivity index (χ1) is 15.4. The Morgan fingerprint density at radius 1 is 0.812 bits per heavy atom. The molecule has 0 atom stereocenters. The third-order valence-electron chi connectivity index (χ3n) is 4.87. The molecule has 0 spiro atoms. The topological polar surface area (TPSA) is 72.5 Å². The molecule has 5 nitrogen and oxygen atoms in total. The van der Waals surface area contributed by atoms with E-state index in [1.54, 1.807) is 23.9 Å². The van der Waals surface area contributed by atoms with Crippen molar-refractivity contribution in [2.24, 2.45) is 0 Å². The van der Waals surface area contributed by atoms with Crippen molar-refractivity contribution < 1.29 is 19.1 Å². The van der Waals surface area contributed by atoms with E-state index in [0.29, 0.717) is 11.3 Å². The standard InChI is InChI=1S/C26H25NO4S/c1-18-8-9-20(16-19(18)2)24(28)17-31-26(30)15-14-25(29)27-21-10-12-23(13-11-21)32-22-6-4-3-5-7-22/h3-13,16H,14-15,17H2,1-2H3,(H,27,29). The number of ketones is 1. The van der Waals surface area contributed by atoms with Crippen molar-refractivity contribution in [3.63, 3.8) is 0 Å². The van der Waals surface area contributed by atoms with E-state index in [1.807, 2.05) is 74.5 Å². The molecule has 0 fully saturated rings. The van der Waals surface area contributed by atoms with Crippen LogP contribution in [0.3, 0.4) is 0 Å². The van der Waals surface area contributed by atoms with Crippen molar-refractivity contribution in [3.8, 4) is 0 Å². The van der Waals surface area contributed by atoms with Gasteiger partial charge in [0.25, 0.3) is 0 Å². The summed E-state index contributed by atoms with van der Waals surface area (Å²) in [5.74, 6) is -1.13. The number of anilines is 1.